The summed E-state index contributed by atoms with van der Waals surface area (Å²) >= 11 is 0. The van der Waals surface area contributed by atoms with Crippen molar-refractivity contribution in [3.05, 3.63) is 54.0 Å². The zero-order valence-corrected chi connectivity index (χ0v) is 11.6. The van der Waals surface area contributed by atoms with Crippen LogP contribution in [0.15, 0.2) is 41.4 Å². The summed E-state index contributed by atoms with van der Waals surface area (Å²) in [5, 5.41) is 7.18. The van der Waals surface area contributed by atoms with E-state index >= 15 is 0 Å². The van der Waals surface area contributed by atoms with E-state index in [2.05, 4.69) is 14.9 Å². The first kappa shape index (κ1) is 14.4. The van der Waals surface area contributed by atoms with Gasteiger partial charge in [-0.15, -0.1) is 0 Å². The van der Waals surface area contributed by atoms with Crippen molar-refractivity contribution in [2.75, 3.05) is 4.72 Å². The van der Waals surface area contributed by atoms with Crippen LogP contribution < -0.4 is 4.72 Å². The number of hydrogen-bond donors (Lipinski definition) is 2. The Bertz CT molecular complexity index is 970. The van der Waals surface area contributed by atoms with Crippen LogP contribution >= 0.6 is 0 Å². The summed E-state index contributed by atoms with van der Waals surface area (Å²) in [5.41, 5.74) is 0.687. The maximum atomic E-state index is 13.6. The van der Waals surface area contributed by atoms with Gasteiger partial charge in [0.1, 0.15) is 4.90 Å². The molecular formula is C13H8F3N3O2S. The normalized spacial score (nSPS) is 11.8. The molecule has 0 radical (unpaired) electrons. The van der Waals surface area contributed by atoms with Gasteiger partial charge in [0.15, 0.2) is 17.5 Å². The fourth-order valence-electron chi connectivity index (χ4n) is 1.93. The molecule has 114 valence electrons. The molecular weight excluding hydrogens is 319 g/mol. The van der Waals surface area contributed by atoms with Crippen LogP contribution in [0.3, 0.4) is 0 Å². The third kappa shape index (κ3) is 2.39. The Hall–Kier alpha value is -2.55. The molecule has 0 aliphatic carbocycles. The lowest BCUT2D eigenvalue weighted by atomic mass is 10.2. The Morgan fingerprint density at radius 2 is 1.82 bits per heavy atom. The van der Waals surface area contributed by atoms with Crippen molar-refractivity contribution in [1.82, 2.24) is 10.2 Å². The number of aromatic amines is 1. The molecule has 0 aliphatic rings. The Kier molecular flexibility index (Phi) is 3.28. The van der Waals surface area contributed by atoms with E-state index in [0.29, 0.717) is 17.6 Å². The molecule has 0 aliphatic heterocycles. The van der Waals surface area contributed by atoms with Crippen molar-refractivity contribution in [3.8, 4) is 0 Å². The summed E-state index contributed by atoms with van der Waals surface area (Å²) in [5.74, 6) is -5.07. The average molecular weight is 327 g/mol. The van der Waals surface area contributed by atoms with Gasteiger partial charge in [0.25, 0.3) is 10.0 Å². The molecule has 1 aromatic heterocycles. The van der Waals surface area contributed by atoms with Crippen LogP contribution in [0.25, 0.3) is 10.9 Å². The molecule has 0 unspecified atom stereocenters. The van der Waals surface area contributed by atoms with Crippen molar-refractivity contribution in [2.24, 2.45) is 0 Å². The summed E-state index contributed by atoms with van der Waals surface area (Å²) in [6, 6.07) is 5.68. The Morgan fingerprint density at radius 3 is 2.59 bits per heavy atom. The summed E-state index contributed by atoms with van der Waals surface area (Å²) in [7, 11) is -4.40. The lowest BCUT2D eigenvalue weighted by Crippen LogP contribution is -2.15. The van der Waals surface area contributed by atoms with Gasteiger partial charge in [0.05, 0.1) is 17.4 Å². The molecule has 0 fully saturated rings. The largest absolute Gasteiger partial charge is 0.279 e. The smallest absolute Gasteiger partial charge is 0.264 e. The van der Waals surface area contributed by atoms with Crippen molar-refractivity contribution in [1.29, 1.82) is 0 Å². The highest BCUT2D eigenvalue weighted by atomic mass is 32.2. The number of hydrogen-bond acceptors (Lipinski definition) is 3. The highest BCUT2D eigenvalue weighted by molar-refractivity contribution is 7.92. The van der Waals surface area contributed by atoms with Crippen molar-refractivity contribution < 1.29 is 21.6 Å². The Balaban J connectivity index is 2.01. The van der Waals surface area contributed by atoms with E-state index < -0.39 is 32.4 Å². The molecule has 5 nitrogen and oxygen atoms in total. The highest BCUT2D eigenvalue weighted by Crippen LogP contribution is 2.23. The van der Waals surface area contributed by atoms with Crippen LogP contribution in [0.4, 0.5) is 18.9 Å². The number of rotatable bonds is 3. The second-order valence-electron chi connectivity index (χ2n) is 4.45. The van der Waals surface area contributed by atoms with Gasteiger partial charge in [-0.2, -0.15) is 5.10 Å². The zero-order chi connectivity index (χ0) is 15.9. The van der Waals surface area contributed by atoms with Crippen LogP contribution in [-0.4, -0.2) is 18.6 Å². The van der Waals surface area contributed by atoms with Crippen LogP contribution in [0.5, 0.6) is 0 Å². The van der Waals surface area contributed by atoms with E-state index in [9.17, 15) is 21.6 Å². The number of benzene rings is 2. The van der Waals surface area contributed by atoms with E-state index in [-0.39, 0.29) is 5.69 Å². The van der Waals surface area contributed by atoms with Crippen LogP contribution in [0, 0.1) is 17.5 Å². The second kappa shape index (κ2) is 5.02. The minimum absolute atomic E-state index is 0.126. The number of H-pyrrole nitrogens is 1. The predicted octanol–water partition coefficient (Wildman–Crippen LogP) is 2.78. The van der Waals surface area contributed by atoms with E-state index in [1.165, 1.54) is 12.1 Å². The van der Waals surface area contributed by atoms with Gasteiger partial charge >= 0.3 is 0 Å². The fourth-order valence-corrected chi connectivity index (χ4v) is 3.05. The maximum absolute atomic E-state index is 13.6. The molecule has 3 aromatic rings. The van der Waals surface area contributed by atoms with E-state index in [1.807, 2.05) is 0 Å². The van der Waals surface area contributed by atoms with Gasteiger partial charge in [-0.25, -0.2) is 21.6 Å². The molecule has 0 atom stereocenters. The molecule has 0 spiro atoms. The molecule has 0 bridgehead atoms. The Morgan fingerprint density at radius 1 is 1.05 bits per heavy atom. The van der Waals surface area contributed by atoms with Crippen LogP contribution in [0.1, 0.15) is 0 Å². The van der Waals surface area contributed by atoms with E-state index in [1.54, 1.807) is 12.3 Å². The monoisotopic (exact) mass is 327 g/mol. The first-order chi connectivity index (χ1) is 10.4. The summed E-state index contributed by atoms with van der Waals surface area (Å²) in [6.07, 6.45) is 1.54. The number of nitrogens with zero attached hydrogens (tertiary/aromatic N) is 1. The van der Waals surface area contributed by atoms with Crippen molar-refractivity contribution >= 4 is 26.6 Å². The fraction of sp³-hybridized carbons (Fsp3) is 0. The van der Waals surface area contributed by atoms with Gasteiger partial charge in [0.2, 0.25) is 0 Å². The minimum Gasteiger partial charge on any atom is -0.279 e. The summed E-state index contributed by atoms with van der Waals surface area (Å²) in [6.45, 7) is 0. The van der Waals surface area contributed by atoms with Gasteiger partial charge in [-0.3, -0.25) is 9.82 Å². The third-order valence-corrected chi connectivity index (χ3v) is 4.38. The average Bonchev–Trinajstić information content (AvgIpc) is 2.91. The lowest BCUT2D eigenvalue weighted by Gasteiger charge is -2.09. The molecule has 9 heteroatoms. The zero-order valence-electron chi connectivity index (χ0n) is 10.8. The molecule has 0 saturated heterocycles. The van der Waals surface area contributed by atoms with Gasteiger partial charge in [0, 0.05) is 5.39 Å². The minimum atomic E-state index is -4.40. The number of sulfonamides is 1. The number of aromatic nitrogens is 2. The molecule has 0 saturated carbocycles. The second-order valence-corrected chi connectivity index (χ2v) is 6.10. The van der Waals surface area contributed by atoms with Crippen molar-refractivity contribution in [3.63, 3.8) is 0 Å². The van der Waals surface area contributed by atoms with Gasteiger partial charge in [-0.1, -0.05) is 0 Å². The van der Waals surface area contributed by atoms with Gasteiger partial charge in [-0.05, 0) is 30.3 Å². The van der Waals surface area contributed by atoms with Crippen molar-refractivity contribution in [2.45, 2.75) is 4.90 Å². The lowest BCUT2D eigenvalue weighted by molar-refractivity contribution is 0.432. The highest BCUT2D eigenvalue weighted by Gasteiger charge is 2.24. The number of halogens is 3. The number of fused-ring (bicyclic) bond motifs is 1. The van der Waals surface area contributed by atoms with Crippen LogP contribution in [0.2, 0.25) is 0 Å². The molecule has 22 heavy (non-hydrogen) atoms. The molecule has 1 heterocycles. The quantitative estimate of drug-likeness (QED) is 0.726. The first-order valence-corrected chi connectivity index (χ1v) is 7.46. The third-order valence-electron chi connectivity index (χ3n) is 2.98. The molecule has 2 N–H and O–H groups in total. The SMILES string of the molecule is O=S(=O)(Nc1ccc2cn[nH]c2c1)c1ccc(F)c(F)c1F. The molecule has 2 aromatic carbocycles. The molecule has 3 rings (SSSR count). The van der Waals surface area contributed by atoms with Gasteiger partial charge < -0.3 is 0 Å². The Labute approximate surface area is 122 Å². The molecule has 0 amide bonds. The number of nitrogens with one attached hydrogen (secondary N) is 2. The maximum Gasteiger partial charge on any atom is 0.264 e. The number of anilines is 1. The van der Waals surface area contributed by atoms with E-state index in [4.69, 9.17) is 0 Å². The summed E-state index contributed by atoms with van der Waals surface area (Å²) in [4.78, 5) is -0.976. The summed E-state index contributed by atoms with van der Waals surface area (Å²) < 4.78 is 65.9. The predicted molar refractivity (Wildman–Crippen MR) is 73.2 cm³/mol. The topological polar surface area (TPSA) is 74.8 Å². The van der Waals surface area contributed by atoms with Crippen LogP contribution in [-0.2, 0) is 10.0 Å². The first-order valence-electron chi connectivity index (χ1n) is 5.98. The standard InChI is InChI=1S/C13H8F3N3O2S/c14-9-3-4-11(13(16)12(9)15)22(20,21)19-8-2-1-7-6-17-18-10(7)5-8/h1-6,19H,(H,17,18). The van der Waals surface area contributed by atoms with E-state index in [0.717, 1.165) is 5.39 Å².